The van der Waals surface area contributed by atoms with E-state index in [2.05, 4.69) is 57.3 Å². The minimum atomic E-state index is 0.504. The molecule has 0 bridgehead atoms. The van der Waals surface area contributed by atoms with Gasteiger partial charge in [0.1, 0.15) is 5.82 Å². The molecule has 136 valence electrons. The van der Waals surface area contributed by atoms with Crippen LogP contribution in [0.15, 0.2) is 41.3 Å². The Kier molecular flexibility index (Phi) is 4.94. The largest absolute Gasteiger partial charge is 0.366 e. The first-order valence-electron chi connectivity index (χ1n) is 9.28. The Morgan fingerprint density at radius 2 is 2.15 bits per heavy atom. The summed E-state index contributed by atoms with van der Waals surface area (Å²) in [6.07, 6.45) is 9.30. The fourth-order valence-corrected chi connectivity index (χ4v) is 4.26. The fourth-order valence-electron chi connectivity index (χ4n) is 3.91. The van der Waals surface area contributed by atoms with E-state index in [4.69, 9.17) is 4.98 Å². The molecule has 1 aliphatic carbocycles. The monoisotopic (exact) mass is 413 g/mol. The summed E-state index contributed by atoms with van der Waals surface area (Å²) in [5.74, 6) is 2.90. The van der Waals surface area contributed by atoms with E-state index in [0.717, 1.165) is 27.4 Å². The summed E-state index contributed by atoms with van der Waals surface area (Å²) in [7, 11) is 0. The fraction of sp³-hybridized carbons (Fsp3) is 0.450. The molecule has 1 N–H and O–H groups in total. The average molecular weight is 414 g/mol. The lowest BCUT2D eigenvalue weighted by atomic mass is 9.74. The molecule has 0 saturated heterocycles. The van der Waals surface area contributed by atoms with E-state index in [1.807, 2.05) is 23.0 Å². The number of rotatable bonds is 4. The van der Waals surface area contributed by atoms with Gasteiger partial charge in [0.2, 0.25) is 0 Å². The number of hydrogen-bond donors (Lipinski definition) is 1. The first-order valence-corrected chi connectivity index (χ1v) is 10.1. The number of pyridine rings is 1. The van der Waals surface area contributed by atoms with Crippen LogP contribution in [-0.4, -0.2) is 19.6 Å². The van der Waals surface area contributed by atoms with Gasteiger partial charge in [-0.2, -0.15) is 9.61 Å². The Labute approximate surface area is 162 Å². The third-order valence-corrected chi connectivity index (χ3v) is 6.04. The number of nitrogens with zero attached hydrogens (tertiary/aromatic N) is 4. The summed E-state index contributed by atoms with van der Waals surface area (Å²) >= 11 is 3.60. The number of anilines is 1. The van der Waals surface area contributed by atoms with E-state index >= 15 is 0 Å². The maximum atomic E-state index is 4.96. The quantitative estimate of drug-likeness (QED) is 0.650. The maximum absolute atomic E-state index is 4.96. The molecule has 3 unspecified atom stereocenters. The number of halogens is 1. The molecule has 4 rings (SSSR count). The molecule has 3 atom stereocenters. The van der Waals surface area contributed by atoms with Crippen molar-refractivity contribution in [2.24, 2.45) is 11.8 Å². The Balaban J connectivity index is 1.69. The molecule has 0 spiro atoms. The lowest BCUT2D eigenvalue weighted by molar-refractivity contribution is 0.261. The molecule has 1 saturated carbocycles. The highest BCUT2D eigenvalue weighted by Crippen LogP contribution is 2.40. The van der Waals surface area contributed by atoms with E-state index in [9.17, 15) is 0 Å². The Bertz CT molecular complexity index is 892. The van der Waals surface area contributed by atoms with Gasteiger partial charge in [-0.3, -0.25) is 4.98 Å². The third kappa shape index (κ3) is 3.47. The minimum Gasteiger partial charge on any atom is -0.366 e. The van der Waals surface area contributed by atoms with E-state index in [1.165, 1.54) is 25.0 Å². The second kappa shape index (κ2) is 7.35. The van der Waals surface area contributed by atoms with Gasteiger partial charge < -0.3 is 5.32 Å². The Morgan fingerprint density at radius 3 is 2.96 bits per heavy atom. The third-order valence-electron chi connectivity index (χ3n) is 5.48. The molecule has 0 amide bonds. The zero-order valence-corrected chi connectivity index (χ0v) is 16.8. The molecule has 26 heavy (non-hydrogen) atoms. The Morgan fingerprint density at radius 1 is 1.27 bits per heavy atom. The molecule has 3 aromatic heterocycles. The predicted molar refractivity (Wildman–Crippen MR) is 107 cm³/mol. The van der Waals surface area contributed by atoms with Gasteiger partial charge in [0, 0.05) is 36.6 Å². The molecule has 6 heteroatoms. The normalized spacial score (nSPS) is 23.3. The minimum absolute atomic E-state index is 0.504. The van der Waals surface area contributed by atoms with Gasteiger partial charge >= 0.3 is 0 Å². The van der Waals surface area contributed by atoms with Crippen molar-refractivity contribution in [3.05, 3.63) is 52.5 Å². The highest BCUT2D eigenvalue weighted by Gasteiger charge is 2.29. The van der Waals surface area contributed by atoms with Gasteiger partial charge in [0.15, 0.2) is 5.65 Å². The summed E-state index contributed by atoms with van der Waals surface area (Å²) in [6, 6.07) is 6.21. The summed E-state index contributed by atoms with van der Waals surface area (Å²) in [4.78, 5) is 9.15. The average Bonchev–Trinajstić information content (AvgIpc) is 3.04. The van der Waals surface area contributed by atoms with Gasteiger partial charge in [-0.05, 0) is 52.2 Å². The van der Waals surface area contributed by atoms with Crippen LogP contribution in [0.25, 0.3) is 5.65 Å². The summed E-state index contributed by atoms with van der Waals surface area (Å²) in [5, 5.41) is 8.00. The molecule has 0 aliphatic heterocycles. The van der Waals surface area contributed by atoms with Crippen LogP contribution in [0.3, 0.4) is 0 Å². The zero-order chi connectivity index (χ0) is 18.1. The van der Waals surface area contributed by atoms with Crippen molar-refractivity contribution >= 4 is 27.4 Å². The molecule has 1 fully saturated rings. The SMILES string of the molecule is CC1CCC(C)C(c2cc(NCc3cccnc3)n3ncc(Br)c3n2)C1. The number of nitrogens with one attached hydrogen (secondary N) is 1. The zero-order valence-electron chi connectivity index (χ0n) is 15.2. The van der Waals surface area contributed by atoms with Crippen molar-refractivity contribution in [3.63, 3.8) is 0 Å². The van der Waals surface area contributed by atoms with Crippen LogP contribution < -0.4 is 5.32 Å². The van der Waals surface area contributed by atoms with Gasteiger partial charge in [-0.25, -0.2) is 4.98 Å². The smallest absolute Gasteiger partial charge is 0.171 e. The van der Waals surface area contributed by atoms with E-state index in [-0.39, 0.29) is 0 Å². The number of aromatic nitrogens is 4. The highest BCUT2D eigenvalue weighted by atomic mass is 79.9. The maximum Gasteiger partial charge on any atom is 0.171 e. The van der Waals surface area contributed by atoms with Crippen LogP contribution in [0.4, 0.5) is 5.82 Å². The van der Waals surface area contributed by atoms with Crippen molar-refractivity contribution in [3.8, 4) is 0 Å². The second-order valence-electron chi connectivity index (χ2n) is 7.51. The molecule has 3 aromatic rings. The molecule has 1 aliphatic rings. The lowest BCUT2D eigenvalue weighted by Crippen LogP contribution is -2.21. The van der Waals surface area contributed by atoms with Crippen LogP contribution in [-0.2, 0) is 6.54 Å². The summed E-state index contributed by atoms with van der Waals surface area (Å²) in [6.45, 7) is 5.42. The first kappa shape index (κ1) is 17.5. The first-order chi connectivity index (χ1) is 12.6. The van der Waals surface area contributed by atoms with Crippen molar-refractivity contribution in [2.45, 2.75) is 45.6 Å². The van der Waals surface area contributed by atoms with Crippen LogP contribution >= 0.6 is 15.9 Å². The van der Waals surface area contributed by atoms with E-state index in [0.29, 0.717) is 18.4 Å². The summed E-state index contributed by atoms with van der Waals surface area (Å²) < 4.78 is 2.81. The topological polar surface area (TPSA) is 55.1 Å². The van der Waals surface area contributed by atoms with Crippen molar-refractivity contribution in [1.82, 2.24) is 19.6 Å². The summed E-state index contributed by atoms with van der Waals surface area (Å²) in [5.41, 5.74) is 3.19. The van der Waals surface area contributed by atoms with Gasteiger partial charge in [-0.15, -0.1) is 0 Å². The van der Waals surface area contributed by atoms with Gasteiger partial charge in [0.05, 0.1) is 10.7 Å². The molecular weight excluding hydrogens is 390 g/mol. The van der Waals surface area contributed by atoms with Gasteiger partial charge in [-0.1, -0.05) is 26.3 Å². The molecule has 0 radical (unpaired) electrons. The van der Waals surface area contributed by atoms with Crippen molar-refractivity contribution in [1.29, 1.82) is 0 Å². The second-order valence-corrected chi connectivity index (χ2v) is 8.37. The van der Waals surface area contributed by atoms with Crippen LogP contribution in [0.1, 0.15) is 50.3 Å². The predicted octanol–water partition coefficient (Wildman–Crippen LogP) is 5.04. The molecule has 5 nitrogen and oxygen atoms in total. The molecule has 0 aromatic carbocycles. The highest BCUT2D eigenvalue weighted by molar-refractivity contribution is 9.10. The van der Waals surface area contributed by atoms with Crippen molar-refractivity contribution < 1.29 is 0 Å². The van der Waals surface area contributed by atoms with Crippen LogP contribution in [0, 0.1) is 11.8 Å². The molecule has 3 heterocycles. The van der Waals surface area contributed by atoms with Crippen molar-refractivity contribution in [2.75, 3.05) is 5.32 Å². The standard InChI is InChI=1S/C20H24BrN5/c1-13-5-6-14(2)16(8-13)18-9-19(23-11-15-4-3-7-22-10-15)26-20(25-18)17(21)12-24-26/h3-4,7,9-10,12-14,16,23H,5-6,8,11H2,1-2H3. The number of hydrogen-bond acceptors (Lipinski definition) is 4. The van der Waals surface area contributed by atoms with Gasteiger partial charge in [0.25, 0.3) is 0 Å². The van der Waals surface area contributed by atoms with E-state index in [1.54, 1.807) is 6.20 Å². The van der Waals surface area contributed by atoms with Crippen LogP contribution in [0.5, 0.6) is 0 Å². The number of fused-ring (bicyclic) bond motifs is 1. The molecular formula is C20H24BrN5. The Hall–Kier alpha value is -1.95. The van der Waals surface area contributed by atoms with E-state index < -0.39 is 0 Å². The van der Waals surface area contributed by atoms with Crippen LogP contribution in [0.2, 0.25) is 0 Å². The lowest BCUT2D eigenvalue weighted by Gasteiger charge is -2.32.